The number of anilines is 2. The monoisotopic (exact) mass is 476 g/mol. The molecule has 1 saturated heterocycles. The van der Waals surface area contributed by atoms with Gasteiger partial charge in [-0.25, -0.2) is 13.4 Å². The molecular weight excluding hydrogens is 457 g/mol. The normalized spacial score (nSPS) is 15.1. The van der Waals surface area contributed by atoms with Crippen molar-refractivity contribution in [3.63, 3.8) is 0 Å². The van der Waals surface area contributed by atoms with Crippen molar-refractivity contribution >= 4 is 39.0 Å². The minimum atomic E-state index is -4.64. The van der Waals surface area contributed by atoms with Crippen LogP contribution in [0.15, 0.2) is 41.4 Å². The standard InChI is InChI=1S/C19H20ClF3N4O3S/c1-26(12-18(28)25-13-4-6-16(20)15(10-13)19(21,22)23)17-7-5-14(11-24-17)31(29,30)27-8-2-3-9-27/h4-7,10-11H,2-3,8-9,12H2,1H3,(H,25,28). The predicted octanol–water partition coefficient (Wildman–Crippen LogP) is 3.61. The van der Waals surface area contributed by atoms with Gasteiger partial charge in [0.2, 0.25) is 15.9 Å². The molecular formula is C19H20ClF3N4O3S. The van der Waals surface area contributed by atoms with Gasteiger partial charge in [-0.1, -0.05) is 11.6 Å². The summed E-state index contributed by atoms with van der Waals surface area (Å²) in [4.78, 5) is 17.9. The molecule has 12 heteroatoms. The van der Waals surface area contributed by atoms with Crippen molar-refractivity contribution < 1.29 is 26.4 Å². The average Bonchev–Trinajstić information content (AvgIpc) is 3.24. The zero-order valence-electron chi connectivity index (χ0n) is 16.5. The Morgan fingerprint density at radius 1 is 1.23 bits per heavy atom. The summed E-state index contributed by atoms with van der Waals surface area (Å²) in [6.45, 7) is 0.741. The molecule has 1 amide bonds. The van der Waals surface area contributed by atoms with Crippen LogP contribution in [0.4, 0.5) is 24.7 Å². The second-order valence-electron chi connectivity index (χ2n) is 7.06. The van der Waals surface area contributed by atoms with Crippen LogP contribution in [0.2, 0.25) is 5.02 Å². The molecule has 1 aromatic heterocycles. The van der Waals surface area contributed by atoms with Gasteiger partial charge in [-0.15, -0.1) is 0 Å². The van der Waals surface area contributed by atoms with Crippen molar-refractivity contribution in [2.24, 2.45) is 0 Å². The van der Waals surface area contributed by atoms with E-state index in [1.807, 2.05) is 0 Å². The molecule has 0 radical (unpaired) electrons. The lowest BCUT2D eigenvalue weighted by Crippen LogP contribution is -2.31. The maximum absolute atomic E-state index is 13.0. The number of nitrogens with zero attached hydrogens (tertiary/aromatic N) is 3. The Bertz CT molecular complexity index is 1060. The predicted molar refractivity (Wildman–Crippen MR) is 111 cm³/mol. The third kappa shape index (κ3) is 5.46. The molecule has 3 rings (SSSR count). The van der Waals surface area contributed by atoms with E-state index in [1.165, 1.54) is 33.6 Å². The first kappa shape index (κ1) is 23.3. The molecule has 1 N–H and O–H groups in total. The molecule has 0 unspecified atom stereocenters. The average molecular weight is 477 g/mol. The molecule has 2 aromatic rings. The van der Waals surface area contributed by atoms with E-state index in [0.717, 1.165) is 25.0 Å². The summed E-state index contributed by atoms with van der Waals surface area (Å²) in [5.41, 5.74) is -1.09. The van der Waals surface area contributed by atoms with Crippen LogP contribution in [0.1, 0.15) is 18.4 Å². The maximum Gasteiger partial charge on any atom is 0.417 e. The number of amides is 1. The van der Waals surface area contributed by atoms with Crippen LogP contribution >= 0.6 is 11.6 Å². The Hall–Kier alpha value is -2.37. The van der Waals surface area contributed by atoms with Crippen LogP contribution < -0.4 is 10.2 Å². The van der Waals surface area contributed by atoms with E-state index in [2.05, 4.69) is 10.3 Å². The SMILES string of the molecule is CN(CC(=O)Nc1ccc(Cl)c(C(F)(F)F)c1)c1ccc(S(=O)(=O)N2CCCC2)cn1. The number of hydrogen-bond acceptors (Lipinski definition) is 5. The summed E-state index contributed by atoms with van der Waals surface area (Å²) < 4.78 is 65.3. The van der Waals surface area contributed by atoms with Gasteiger partial charge in [0.1, 0.15) is 10.7 Å². The Kier molecular flexibility index (Phi) is 6.77. The lowest BCUT2D eigenvalue weighted by atomic mass is 10.2. The van der Waals surface area contributed by atoms with Gasteiger partial charge in [0.05, 0.1) is 17.1 Å². The number of halogens is 4. The fourth-order valence-corrected chi connectivity index (χ4v) is 4.83. The fourth-order valence-electron chi connectivity index (χ4n) is 3.15. The maximum atomic E-state index is 13.0. The highest BCUT2D eigenvalue weighted by atomic mass is 35.5. The second-order valence-corrected chi connectivity index (χ2v) is 9.41. The quantitative estimate of drug-likeness (QED) is 0.688. The van der Waals surface area contributed by atoms with Crippen molar-refractivity contribution in [1.29, 1.82) is 0 Å². The Balaban J connectivity index is 1.65. The number of likely N-dealkylation sites (N-methyl/N-ethyl adjacent to an activating group) is 1. The molecule has 31 heavy (non-hydrogen) atoms. The van der Waals surface area contributed by atoms with Crippen molar-refractivity contribution in [2.45, 2.75) is 23.9 Å². The van der Waals surface area contributed by atoms with Crippen LogP contribution in [0.5, 0.6) is 0 Å². The third-order valence-corrected chi connectivity index (χ3v) is 6.96. The van der Waals surface area contributed by atoms with Crippen LogP contribution in [-0.2, 0) is 21.0 Å². The van der Waals surface area contributed by atoms with Gasteiger partial charge in [0.15, 0.2) is 0 Å². The Morgan fingerprint density at radius 3 is 2.48 bits per heavy atom. The number of alkyl halides is 3. The number of hydrogen-bond donors (Lipinski definition) is 1. The van der Waals surface area contributed by atoms with Gasteiger partial charge in [-0.2, -0.15) is 17.5 Å². The highest BCUT2D eigenvalue weighted by molar-refractivity contribution is 7.89. The lowest BCUT2D eigenvalue weighted by Gasteiger charge is -2.19. The second kappa shape index (κ2) is 9.01. The van der Waals surface area contributed by atoms with Crippen LogP contribution in [0.3, 0.4) is 0 Å². The van der Waals surface area contributed by atoms with E-state index in [0.29, 0.717) is 18.9 Å². The summed E-state index contributed by atoms with van der Waals surface area (Å²) in [5.74, 6) is -0.240. The van der Waals surface area contributed by atoms with Crippen LogP contribution in [0.25, 0.3) is 0 Å². The molecule has 0 spiro atoms. The lowest BCUT2D eigenvalue weighted by molar-refractivity contribution is -0.137. The largest absolute Gasteiger partial charge is 0.417 e. The van der Waals surface area contributed by atoms with Crippen molar-refractivity contribution in [3.8, 4) is 0 Å². The molecule has 0 atom stereocenters. The first-order valence-electron chi connectivity index (χ1n) is 9.32. The number of carbonyl (C=O) groups is 1. The first-order chi connectivity index (χ1) is 14.5. The molecule has 2 heterocycles. The molecule has 1 fully saturated rings. The van der Waals surface area contributed by atoms with Crippen molar-refractivity contribution in [2.75, 3.05) is 36.9 Å². The van der Waals surface area contributed by atoms with Gasteiger partial charge in [-0.05, 0) is 43.2 Å². The smallest absolute Gasteiger partial charge is 0.350 e. The number of carbonyl (C=O) groups excluding carboxylic acids is 1. The van der Waals surface area contributed by atoms with Crippen LogP contribution in [0, 0.1) is 0 Å². The van der Waals surface area contributed by atoms with E-state index >= 15 is 0 Å². The van der Waals surface area contributed by atoms with Gasteiger partial charge in [0, 0.05) is 32.0 Å². The number of aromatic nitrogens is 1. The van der Waals surface area contributed by atoms with Gasteiger partial charge in [0.25, 0.3) is 0 Å². The Labute approximate surface area is 182 Å². The first-order valence-corrected chi connectivity index (χ1v) is 11.1. The summed E-state index contributed by atoms with van der Waals surface area (Å²) in [6.07, 6.45) is -1.77. The van der Waals surface area contributed by atoms with E-state index in [1.54, 1.807) is 7.05 Å². The van der Waals surface area contributed by atoms with E-state index in [-0.39, 0.29) is 17.1 Å². The van der Waals surface area contributed by atoms with Crippen LogP contribution in [-0.4, -0.2) is 50.3 Å². The number of nitrogens with one attached hydrogen (secondary N) is 1. The van der Waals surface area contributed by atoms with E-state index in [9.17, 15) is 26.4 Å². The Morgan fingerprint density at radius 2 is 1.90 bits per heavy atom. The molecule has 0 aliphatic carbocycles. The van der Waals surface area contributed by atoms with Gasteiger partial charge < -0.3 is 10.2 Å². The van der Waals surface area contributed by atoms with Crippen molar-refractivity contribution in [3.05, 3.63) is 47.1 Å². The number of pyridine rings is 1. The molecule has 168 valence electrons. The third-order valence-electron chi connectivity index (χ3n) is 4.75. The van der Waals surface area contributed by atoms with E-state index < -0.39 is 32.7 Å². The molecule has 1 aliphatic rings. The van der Waals surface area contributed by atoms with E-state index in [4.69, 9.17) is 11.6 Å². The highest BCUT2D eigenvalue weighted by Gasteiger charge is 2.33. The summed E-state index contributed by atoms with van der Waals surface area (Å²) in [7, 11) is -2.04. The molecule has 7 nitrogen and oxygen atoms in total. The minimum Gasteiger partial charge on any atom is -0.350 e. The minimum absolute atomic E-state index is 0.0462. The summed E-state index contributed by atoms with van der Waals surface area (Å²) >= 11 is 5.57. The summed E-state index contributed by atoms with van der Waals surface area (Å²) in [6, 6.07) is 5.98. The van der Waals surface area contributed by atoms with Gasteiger partial charge in [-0.3, -0.25) is 4.79 Å². The number of rotatable bonds is 6. The zero-order valence-corrected chi connectivity index (χ0v) is 18.1. The summed E-state index contributed by atoms with van der Waals surface area (Å²) in [5, 5.41) is 1.92. The van der Waals surface area contributed by atoms with Crippen molar-refractivity contribution in [1.82, 2.24) is 9.29 Å². The topological polar surface area (TPSA) is 82.6 Å². The highest BCUT2D eigenvalue weighted by Crippen LogP contribution is 2.36. The molecule has 1 aliphatic heterocycles. The number of sulfonamides is 1. The van der Waals surface area contributed by atoms with Gasteiger partial charge >= 0.3 is 6.18 Å². The fraction of sp³-hybridized carbons (Fsp3) is 0.368. The molecule has 1 aromatic carbocycles. The molecule has 0 saturated carbocycles. The zero-order chi connectivity index (χ0) is 22.8. The molecule has 0 bridgehead atoms. The number of benzene rings is 1.